The molecule has 0 bridgehead atoms. The summed E-state index contributed by atoms with van der Waals surface area (Å²) >= 11 is 0. The molecule has 1 saturated heterocycles. The lowest BCUT2D eigenvalue weighted by atomic mass is 9.97. The molecule has 2 rings (SSSR count). The fourth-order valence-electron chi connectivity index (χ4n) is 2.35. The maximum Gasteiger partial charge on any atom is 0.410 e. The normalized spacial score (nSPS) is 15.7. The number of aliphatic hydroxyl groups is 1. The van der Waals surface area contributed by atoms with Gasteiger partial charge in [0.05, 0.1) is 12.3 Å². The van der Waals surface area contributed by atoms with Gasteiger partial charge in [0.25, 0.3) is 0 Å². The monoisotopic (exact) mass is 316 g/mol. The van der Waals surface area contributed by atoms with Crippen molar-refractivity contribution < 1.29 is 14.6 Å². The van der Waals surface area contributed by atoms with E-state index in [0.29, 0.717) is 24.5 Å². The first kappa shape index (κ1) is 17.3. The maximum atomic E-state index is 12.0. The minimum Gasteiger partial charge on any atom is -0.444 e. The van der Waals surface area contributed by atoms with Gasteiger partial charge in [-0.15, -0.1) is 0 Å². The predicted octanol–water partition coefficient (Wildman–Crippen LogP) is 2.57. The Morgan fingerprint density at radius 1 is 1.39 bits per heavy atom. The van der Waals surface area contributed by atoms with Crippen LogP contribution in [0.25, 0.3) is 0 Å². The largest absolute Gasteiger partial charge is 0.444 e. The van der Waals surface area contributed by atoms with Gasteiger partial charge < -0.3 is 14.7 Å². The first-order valence-electron chi connectivity index (χ1n) is 7.93. The van der Waals surface area contributed by atoms with Crippen LogP contribution in [0.4, 0.5) is 4.79 Å². The second kappa shape index (κ2) is 7.47. The van der Waals surface area contributed by atoms with Gasteiger partial charge in [-0.3, -0.25) is 0 Å². The number of piperidine rings is 1. The Kier molecular flexibility index (Phi) is 5.62. The van der Waals surface area contributed by atoms with Gasteiger partial charge in [-0.1, -0.05) is 12.0 Å². The van der Waals surface area contributed by atoms with Crippen molar-refractivity contribution in [1.29, 1.82) is 0 Å². The van der Waals surface area contributed by atoms with Crippen LogP contribution in [0.3, 0.4) is 0 Å². The quantitative estimate of drug-likeness (QED) is 0.809. The van der Waals surface area contributed by atoms with Crippen molar-refractivity contribution in [2.45, 2.75) is 45.8 Å². The average Bonchev–Trinajstić information content (AvgIpc) is 2.52. The van der Waals surface area contributed by atoms with Crippen LogP contribution >= 0.6 is 0 Å². The molecule has 0 saturated carbocycles. The fraction of sp³-hybridized carbons (Fsp3) is 0.556. The van der Waals surface area contributed by atoms with Crippen LogP contribution in [0.15, 0.2) is 18.2 Å². The molecule has 2 heterocycles. The Bertz CT molecular complexity index is 603. The lowest BCUT2D eigenvalue weighted by Crippen LogP contribution is -2.41. The zero-order chi connectivity index (χ0) is 16.9. The van der Waals surface area contributed by atoms with E-state index in [0.717, 1.165) is 12.8 Å². The summed E-state index contributed by atoms with van der Waals surface area (Å²) in [5.41, 5.74) is 0.833. The van der Waals surface area contributed by atoms with Crippen molar-refractivity contribution in [2.24, 2.45) is 5.92 Å². The summed E-state index contributed by atoms with van der Waals surface area (Å²) in [6, 6.07) is 5.44. The Labute approximate surface area is 137 Å². The second-order valence-corrected chi connectivity index (χ2v) is 6.68. The van der Waals surface area contributed by atoms with E-state index in [4.69, 9.17) is 9.84 Å². The number of hydrogen-bond acceptors (Lipinski definition) is 4. The van der Waals surface area contributed by atoms with Crippen LogP contribution in [0, 0.1) is 17.8 Å². The summed E-state index contributed by atoms with van der Waals surface area (Å²) in [7, 11) is 0. The molecule has 1 aliphatic heterocycles. The molecule has 0 spiro atoms. The highest BCUT2D eigenvalue weighted by molar-refractivity contribution is 5.68. The first-order chi connectivity index (χ1) is 10.9. The van der Waals surface area contributed by atoms with E-state index in [9.17, 15) is 4.79 Å². The van der Waals surface area contributed by atoms with Crippen LogP contribution in [0.5, 0.6) is 0 Å². The van der Waals surface area contributed by atoms with Crippen LogP contribution in [-0.2, 0) is 11.3 Å². The molecule has 0 aromatic carbocycles. The SMILES string of the molecule is CC(C)(C)OC(=O)N1CCC(C#Cc2cccc(CO)n2)CC1. The number of rotatable bonds is 1. The van der Waals surface area contributed by atoms with Gasteiger partial charge in [-0.25, -0.2) is 9.78 Å². The zero-order valence-corrected chi connectivity index (χ0v) is 14.0. The van der Waals surface area contributed by atoms with Gasteiger partial charge >= 0.3 is 6.09 Å². The molecule has 0 unspecified atom stereocenters. The third-order valence-electron chi connectivity index (χ3n) is 3.52. The minimum absolute atomic E-state index is 0.0796. The van der Waals surface area contributed by atoms with Gasteiger partial charge in [-0.05, 0) is 51.7 Å². The topological polar surface area (TPSA) is 62.7 Å². The molecule has 1 aliphatic rings. The second-order valence-electron chi connectivity index (χ2n) is 6.68. The number of aliphatic hydroxyl groups excluding tert-OH is 1. The van der Waals surface area contributed by atoms with Crippen molar-refractivity contribution in [3.63, 3.8) is 0 Å². The summed E-state index contributed by atoms with van der Waals surface area (Å²) in [6.45, 7) is 6.87. The molecule has 23 heavy (non-hydrogen) atoms. The summed E-state index contributed by atoms with van der Waals surface area (Å²) in [4.78, 5) is 18.0. The molecule has 0 aliphatic carbocycles. The molecule has 1 fully saturated rings. The smallest absolute Gasteiger partial charge is 0.410 e. The van der Waals surface area contributed by atoms with Crippen LogP contribution in [0.2, 0.25) is 0 Å². The average molecular weight is 316 g/mol. The molecule has 1 N–H and O–H groups in total. The number of hydrogen-bond donors (Lipinski definition) is 1. The van der Waals surface area contributed by atoms with Crippen LogP contribution in [0.1, 0.15) is 45.0 Å². The lowest BCUT2D eigenvalue weighted by molar-refractivity contribution is 0.0199. The number of ether oxygens (including phenoxy) is 1. The van der Waals surface area contributed by atoms with Gasteiger partial charge in [0.1, 0.15) is 11.3 Å². The number of carbonyl (C=O) groups excluding carboxylic acids is 1. The van der Waals surface area contributed by atoms with Crippen molar-refractivity contribution in [2.75, 3.05) is 13.1 Å². The minimum atomic E-state index is -0.461. The highest BCUT2D eigenvalue weighted by Crippen LogP contribution is 2.19. The maximum absolute atomic E-state index is 12.0. The van der Waals surface area contributed by atoms with Crippen molar-refractivity contribution >= 4 is 6.09 Å². The highest BCUT2D eigenvalue weighted by atomic mass is 16.6. The van der Waals surface area contributed by atoms with Crippen molar-refractivity contribution in [3.8, 4) is 11.8 Å². The molecule has 124 valence electrons. The van der Waals surface area contributed by atoms with E-state index in [-0.39, 0.29) is 18.6 Å². The molecule has 5 heteroatoms. The number of amides is 1. The van der Waals surface area contributed by atoms with Gasteiger partial charge in [0.15, 0.2) is 0 Å². The Morgan fingerprint density at radius 3 is 2.70 bits per heavy atom. The molecule has 1 aromatic rings. The zero-order valence-electron chi connectivity index (χ0n) is 14.0. The van der Waals surface area contributed by atoms with Gasteiger partial charge in [0.2, 0.25) is 0 Å². The Morgan fingerprint density at radius 2 is 2.09 bits per heavy atom. The predicted molar refractivity (Wildman–Crippen MR) is 87.6 cm³/mol. The van der Waals surface area contributed by atoms with E-state index in [1.54, 1.807) is 11.0 Å². The Hall–Kier alpha value is -2.06. The van der Waals surface area contributed by atoms with E-state index in [1.165, 1.54) is 0 Å². The lowest BCUT2D eigenvalue weighted by Gasteiger charge is -2.31. The van der Waals surface area contributed by atoms with E-state index < -0.39 is 5.60 Å². The standard InChI is InChI=1S/C18H24N2O3/c1-18(2,3)23-17(22)20-11-9-14(10-12-20)7-8-15-5-4-6-16(13-21)19-15/h4-6,14,21H,9-13H2,1-3H3. The number of nitrogens with zero attached hydrogens (tertiary/aromatic N) is 2. The number of likely N-dealkylation sites (tertiary alicyclic amines) is 1. The first-order valence-corrected chi connectivity index (χ1v) is 7.93. The molecule has 0 radical (unpaired) electrons. The third-order valence-corrected chi connectivity index (χ3v) is 3.52. The van der Waals surface area contributed by atoms with E-state index in [2.05, 4.69) is 16.8 Å². The Balaban J connectivity index is 1.88. The summed E-state index contributed by atoms with van der Waals surface area (Å²) in [6.07, 6.45) is 1.43. The summed E-state index contributed by atoms with van der Waals surface area (Å²) < 4.78 is 5.38. The molecular weight excluding hydrogens is 292 g/mol. The molecule has 1 amide bonds. The van der Waals surface area contributed by atoms with Gasteiger partial charge in [-0.2, -0.15) is 0 Å². The fourth-order valence-corrected chi connectivity index (χ4v) is 2.35. The number of pyridine rings is 1. The number of carbonyl (C=O) groups is 1. The van der Waals surface area contributed by atoms with Crippen molar-refractivity contribution in [3.05, 3.63) is 29.6 Å². The third kappa shape index (κ3) is 5.57. The molecule has 1 aromatic heterocycles. The highest BCUT2D eigenvalue weighted by Gasteiger charge is 2.26. The van der Waals surface area contributed by atoms with Crippen molar-refractivity contribution in [1.82, 2.24) is 9.88 Å². The number of aromatic nitrogens is 1. The molecular formula is C18H24N2O3. The molecule has 5 nitrogen and oxygen atoms in total. The van der Waals surface area contributed by atoms with Crippen LogP contribution < -0.4 is 0 Å². The van der Waals surface area contributed by atoms with Crippen LogP contribution in [-0.4, -0.2) is 39.8 Å². The summed E-state index contributed by atoms with van der Waals surface area (Å²) in [5.74, 6) is 6.55. The van der Waals surface area contributed by atoms with E-state index >= 15 is 0 Å². The summed E-state index contributed by atoms with van der Waals surface area (Å²) in [5, 5.41) is 9.08. The van der Waals surface area contributed by atoms with E-state index in [1.807, 2.05) is 32.9 Å². The molecule has 0 atom stereocenters. The van der Waals surface area contributed by atoms with Gasteiger partial charge in [0, 0.05) is 19.0 Å².